The van der Waals surface area contributed by atoms with Crippen LogP contribution in [0.1, 0.15) is 32.6 Å². The number of nitrogens with one attached hydrogen (secondary N) is 3. The molecule has 1 aliphatic carbocycles. The molecule has 0 unspecified atom stereocenters. The van der Waals surface area contributed by atoms with Crippen LogP contribution in [0.5, 0.6) is 0 Å². The summed E-state index contributed by atoms with van der Waals surface area (Å²) in [5.41, 5.74) is 3.54. The maximum Gasteiger partial charge on any atom is 0.229 e. The molecule has 2 aromatic carbocycles. The molecule has 3 N–H and O–H groups in total. The lowest BCUT2D eigenvalue weighted by atomic mass is 10.1. The molecule has 1 aliphatic rings. The van der Waals surface area contributed by atoms with E-state index in [1.165, 1.54) is 32.6 Å². The first-order valence-electron chi connectivity index (χ1n) is 10.0. The lowest BCUT2D eigenvalue weighted by Crippen LogP contribution is -2.16. The second-order valence-electron chi connectivity index (χ2n) is 7.34. The fraction of sp³-hybridized carbons (Fsp3) is 0.261. The lowest BCUT2D eigenvalue weighted by molar-refractivity contribution is -0.114. The van der Waals surface area contributed by atoms with E-state index in [9.17, 15) is 4.79 Å². The first-order valence-corrected chi connectivity index (χ1v) is 10.0. The van der Waals surface area contributed by atoms with Crippen molar-refractivity contribution in [2.75, 3.05) is 16.0 Å². The van der Waals surface area contributed by atoms with E-state index >= 15 is 0 Å². The normalized spacial score (nSPS) is 13.8. The summed E-state index contributed by atoms with van der Waals surface area (Å²) < 4.78 is 0. The van der Waals surface area contributed by atoms with Gasteiger partial charge in [0.15, 0.2) is 0 Å². The number of nitrogens with zero attached hydrogens (tertiary/aromatic N) is 2. The van der Waals surface area contributed by atoms with Gasteiger partial charge < -0.3 is 16.0 Å². The molecule has 1 heterocycles. The van der Waals surface area contributed by atoms with Gasteiger partial charge in [0.25, 0.3) is 0 Å². The SMILES string of the molecule is CC(=O)Nc1ccc(Nc2nc(NC3CCCC3)cc(-c3ccccc3)n2)cc1. The summed E-state index contributed by atoms with van der Waals surface area (Å²) >= 11 is 0. The quantitative estimate of drug-likeness (QED) is 0.542. The van der Waals surface area contributed by atoms with E-state index in [-0.39, 0.29) is 5.91 Å². The number of carbonyl (C=O) groups excluding carboxylic acids is 1. The van der Waals surface area contributed by atoms with Crippen molar-refractivity contribution in [2.45, 2.75) is 38.6 Å². The van der Waals surface area contributed by atoms with Crippen molar-refractivity contribution in [3.05, 3.63) is 60.7 Å². The van der Waals surface area contributed by atoms with E-state index < -0.39 is 0 Å². The van der Waals surface area contributed by atoms with Gasteiger partial charge in [-0.3, -0.25) is 4.79 Å². The summed E-state index contributed by atoms with van der Waals surface area (Å²) in [7, 11) is 0. The Morgan fingerprint density at radius 2 is 1.62 bits per heavy atom. The van der Waals surface area contributed by atoms with Gasteiger partial charge in [0.2, 0.25) is 11.9 Å². The summed E-state index contributed by atoms with van der Waals surface area (Å²) in [4.78, 5) is 20.6. The third-order valence-corrected chi connectivity index (χ3v) is 4.96. The lowest BCUT2D eigenvalue weighted by Gasteiger charge is -2.15. The Morgan fingerprint density at radius 1 is 0.931 bits per heavy atom. The topological polar surface area (TPSA) is 78.9 Å². The highest BCUT2D eigenvalue weighted by Gasteiger charge is 2.16. The molecule has 4 rings (SSSR count). The Kier molecular flexibility index (Phi) is 5.70. The summed E-state index contributed by atoms with van der Waals surface area (Å²) in [5, 5.41) is 9.62. The fourth-order valence-corrected chi connectivity index (χ4v) is 3.58. The number of amides is 1. The van der Waals surface area contributed by atoms with Crippen LogP contribution < -0.4 is 16.0 Å². The standard InChI is InChI=1S/C23H25N5O/c1-16(29)24-19-11-13-20(14-12-19)26-23-27-21(17-7-3-2-4-8-17)15-22(28-23)25-18-9-5-6-10-18/h2-4,7-8,11-15,18H,5-6,9-10H2,1H3,(H,24,29)(H2,25,26,27,28). The first-order chi connectivity index (χ1) is 14.2. The van der Waals surface area contributed by atoms with Gasteiger partial charge in [0, 0.05) is 36.0 Å². The summed E-state index contributed by atoms with van der Waals surface area (Å²) in [6.07, 6.45) is 4.89. The molecule has 0 saturated heterocycles. The molecule has 6 nitrogen and oxygen atoms in total. The van der Waals surface area contributed by atoms with E-state index in [1.807, 2.05) is 60.7 Å². The van der Waals surface area contributed by atoms with Gasteiger partial charge in [-0.2, -0.15) is 4.98 Å². The molecular formula is C23H25N5O. The third-order valence-electron chi connectivity index (χ3n) is 4.96. The minimum atomic E-state index is -0.0905. The van der Waals surface area contributed by atoms with Crippen LogP contribution in [0.25, 0.3) is 11.3 Å². The third kappa shape index (κ3) is 5.10. The number of benzene rings is 2. The van der Waals surface area contributed by atoms with E-state index in [0.29, 0.717) is 12.0 Å². The van der Waals surface area contributed by atoms with Crippen molar-refractivity contribution in [3.63, 3.8) is 0 Å². The largest absolute Gasteiger partial charge is 0.367 e. The van der Waals surface area contributed by atoms with Gasteiger partial charge in [0.05, 0.1) is 5.69 Å². The van der Waals surface area contributed by atoms with Gasteiger partial charge in [-0.1, -0.05) is 43.2 Å². The van der Waals surface area contributed by atoms with Crippen LogP contribution in [0.3, 0.4) is 0 Å². The number of hydrogen-bond donors (Lipinski definition) is 3. The summed E-state index contributed by atoms with van der Waals surface area (Å²) in [6.45, 7) is 1.49. The first kappa shape index (κ1) is 18.9. The average Bonchev–Trinajstić information content (AvgIpc) is 3.23. The zero-order chi connectivity index (χ0) is 20.1. The maximum atomic E-state index is 11.2. The van der Waals surface area contributed by atoms with Gasteiger partial charge in [-0.15, -0.1) is 0 Å². The summed E-state index contributed by atoms with van der Waals surface area (Å²) in [5.74, 6) is 1.29. The molecule has 0 aliphatic heterocycles. The van der Waals surface area contributed by atoms with Crippen molar-refractivity contribution < 1.29 is 4.79 Å². The van der Waals surface area contributed by atoms with Crippen LogP contribution in [0.4, 0.5) is 23.1 Å². The highest BCUT2D eigenvalue weighted by atomic mass is 16.1. The van der Waals surface area contributed by atoms with Crippen molar-refractivity contribution in [2.24, 2.45) is 0 Å². The van der Waals surface area contributed by atoms with Crippen LogP contribution in [0.15, 0.2) is 60.7 Å². The van der Waals surface area contributed by atoms with E-state index in [2.05, 4.69) is 20.9 Å². The van der Waals surface area contributed by atoms with Crippen LogP contribution in [0.2, 0.25) is 0 Å². The Balaban J connectivity index is 1.59. The molecule has 148 valence electrons. The van der Waals surface area contributed by atoms with Gasteiger partial charge in [-0.25, -0.2) is 4.98 Å². The molecule has 3 aromatic rings. The zero-order valence-corrected chi connectivity index (χ0v) is 16.5. The van der Waals surface area contributed by atoms with Gasteiger partial charge >= 0.3 is 0 Å². The molecule has 29 heavy (non-hydrogen) atoms. The molecule has 1 saturated carbocycles. The van der Waals surface area contributed by atoms with Crippen molar-refractivity contribution >= 4 is 29.0 Å². The van der Waals surface area contributed by atoms with E-state index in [1.54, 1.807) is 0 Å². The molecule has 0 bridgehead atoms. The van der Waals surface area contributed by atoms with Crippen molar-refractivity contribution in [3.8, 4) is 11.3 Å². The van der Waals surface area contributed by atoms with Crippen LogP contribution in [-0.2, 0) is 4.79 Å². The number of rotatable bonds is 6. The number of carbonyl (C=O) groups is 1. The maximum absolute atomic E-state index is 11.2. The molecular weight excluding hydrogens is 362 g/mol. The Bertz CT molecular complexity index is 966. The fourth-order valence-electron chi connectivity index (χ4n) is 3.58. The second-order valence-corrected chi connectivity index (χ2v) is 7.34. The molecule has 0 spiro atoms. The predicted molar refractivity (Wildman–Crippen MR) is 117 cm³/mol. The smallest absolute Gasteiger partial charge is 0.229 e. The minimum absolute atomic E-state index is 0.0905. The van der Waals surface area contributed by atoms with Crippen molar-refractivity contribution in [1.82, 2.24) is 9.97 Å². The second kappa shape index (κ2) is 8.73. The highest BCUT2D eigenvalue weighted by Crippen LogP contribution is 2.26. The van der Waals surface area contributed by atoms with Crippen LogP contribution in [0, 0.1) is 0 Å². The van der Waals surface area contributed by atoms with Gasteiger partial charge in [-0.05, 0) is 37.1 Å². The number of anilines is 4. The monoisotopic (exact) mass is 387 g/mol. The molecule has 1 amide bonds. The average molecular weight is 387 g/mol. The highest BCUT2D eigenvalue weighted by molar-refractivity contribution is 5.88. The molecule has 0 radical (unpaired) electrons. The van der Waals surface area contributed by atoms with Crippen molar-refractivity contribution in [1.29, 1.82) is 0 Å². The van der Waals surface area contributed by atoms with Crippen LogP contribution in [-0.4, -0.2) is 21.9 Å². The van der Waals surface area contributed by atoms with Crippen LogP contribution >= 0.6 is 0 Å². The number of hydrogen-bond acceptors (Lipinski definition) is 5. The van der Waals surface area contributed by atoms with E-state index in [4.69, 9.17) is 4.98 Å². The Morgan fingerprint density at radius 3 is 2.31 bits per heavy atom. The van der Waals surface area contributed by atoms with E-state index in [0.717, 1.165) is 28.5 Å². The summed E-state index contributed by atoms with van der Waals surface area (Å²) in [6, 6.07) is 20.1. The Hall–Kier alpha value is -3.41. The molecule has 6 heteroatoms. The minimum Gasteiger partial charge on any atom is -0.367 e. The molecule has 0 atom stereocenters. The predicted octanol–water partition coefficient (Wildman–Crippen LogP) is 5.20. The molecule has 1 aromatic heterocycles. The zero-order valence-electron chi connectivity index (χ0n) is 16.5. The molecule has 1 fully saturated rings. The van der Waals surface area contributed by atoms with Gasteiger partial charge in [0.1, 0.15) is 5.82 Å². The number of aromatic nitrogens is 2. The Labute approximate surface area is 170 Å².